The lowest BCUT2D eigenvalue weighted by Gasteiger charge is -2.45. The number of carbonyl (C=O) groups is 4. The van der Waals surface area contributed by atoms with Gasteiger partial charge >= 0.3 is 5.97 Å². The maximum absolute atomic E-state index is 13.9. The first-order chi connectivity index (χ1) is 20.3. The van der Waals surface area contributed by atoms with Crippen molar-refractivity contribution < 1.29 is 23.9 Å². The first-order valence-corrected chi connectivity index (χ1v) is 14.0. The third kappa shape index (κ3) is 3.88. The molecule has 3 aliphatic carbocycles. The first-order valence-electron chi connectivity index (χ1n) is 14.0. The van der Waals surface area contributed by atoms with Gasteiger partial charge in [-0.1, -0.05) is 66.7 Å². The van der Waals surface area contributed by atoms with Crippen molar-refractivity contribution in [3.8, 4) is 0 Å². The van der Waals surface area contributed by atoms with Gasteiger partial charge in [0.2, 0.25) is 11.8 Å². The van der Waals surface area contributed by atoms with Crippen LogP contribution in [0.15, 0.2) is 91.0 Å². The van der Waals surface area contributed by atoms with Crippen LogP contribution in [0.25, 0.3) is 0 Å². The highest BCUT2D eigenvalue weighted by Gasteiger charge is 2.61. The third-order valence-corrected chi connectivity index (χ3v) is 8.89. The minimum absolute atomic E-state index is 0.183. The summed E-state index contributed by atoms with van der Waals surface area (Å²) in [5.41, 5.74) is 7.62. The van der Waals surface area contributed by atoms with Gasteiger partial charge in [-0.05, 0) is 71.5 Å². The zero-order chi connectivity index (χ0) is 29.1. The average Bonchev–Trinajstić information content (AvgIpc) is 3.28. The number of rotatable bonds is 5. The molecule has 2 atom stereocenters. The number of ether oxygens (including phenoxy) is 1. The largest absolute Gasteiger partial charge is 0.452 e. The molecule has 2 bridgehead atoms. The van der Waals surface area contributed by atoms with Crippen LogP contribution in [0.4, 0.5) is 11.4 Å². The molecule has 0 unspecified atom stereocenters. The van der Waals surface area contributed by atoms with E-state index in [9.17, 15) is 19.2 Å². The van der Waals surface area contributed by atoms with Crippen molar-refractivity contribution in [2.45, 2.75) is 25.7 Å². The van der Waals surface area contributed by atoms with Gasteiger partial charge in [-0.2, -0.15) is 0 Å². The Bertz CT molecular complexity index is 1660. The van der Waals surface area contributed by atoms with Crippen LogP contribution >= 0.6 is 0 Å². The van der Waals surface area contributed by atoms with Crippen molar-refractivity contribution >= 4 is 35.1 Å². The molecule has 4 aliphatic rings. The van der Waals surface area contributed by atoms with Crippen LogP contribution in [0.2, 0.25) is 0 Å². The van der Waals surface area contributed by atoms with Crippen LogP contribution in [0.5, 0.6) is 0 Å². The van der Waals surface area contributed by atoms with E-state index in [1.165, 1.54) is 17.0 Å². The van der Waals surface area contributed by atoms with Crippen LogP contribution < -0.4 is 10.2 Å². The molecule has 1 heterocycles. The molecule has 7 nitrogen and oxygen atoms in total. The van der Waals surface area contributed by atoms with Crippen molar-refractivity contribution in [3.05, 3.63) is 130 Å². The molecule has 1 fully saturated rings. The van der Waals surface area contributed by atoms with Crippen LogP contribution in [0, 0.1) is 25.7 Å². The first kappa shape index (κ1) is 25.9. The normalized spacial score (nSPS) is 21.4. The highest BCUT2D eigenvalue weighted by Crippen LogP contribution is 2.61. The van der Waals surface area contributed by atoms with E-state index in [1.807, 2.05) is 56.3 Å². The molecule has 4 aromatic carbocycles. The highest BCUT2D eigenvalue weighted by molar-refractivity contribution is 6.23. The fraction of sp³-hybridized carbons (Fsp3) is 0.200. The lowest BCUT2D eigenvalue weighted by molar-refractivity contribution is -0.122. The smallest absolute Gasteiger partial charge is 0.338 e. The molecule has 208 valence electrons. The molecule has 8 rings (SSSR count). The predicted molar refractivity (Wildman–Crippen MR) is 157 cm³/mol. The van der Waals surface area contributed by atoms with Crippen LogP contribution in [0.3, 0.4) is 0 Å². The molecule has 0 radical (unpaired) electrons. The quantitative estimate of drug-likeness (QED) is 0.259. The molecular formula is C35H28N2O5. The van der Waals surface area contributed by atoms with E-state index in [-0.39, 0.29) is 29.2 Å². The van der Waals surface area contributed by atoms with Gasteiger partial charge in [-0.25, -0.2) is 9.69 Å². The van der Waals surface area contributed by atoms with Crippen LogP contribution in [0.1, 0.15) is 55.6 Å². The van der Waals surface area contributed by atoms with Crippen molar-refractivity contribution in [1.82, 2.24) is 0 Å². The van der Waals surface area contributed by atoms with E-state index >= 15 is 0 Å². The topological polar surface area (TPSA) is 92.8 Å². The molecular weight excluding hydrogens is 528 g/mol. The summed E-state index contributed by atoms with van der Waals surface area (Å²) in [4.78, 5) is 54.3. The van der Waals surface area contributed by atoms with Crippen molar-refractivity contribution in [1.29, 1.82) is 0 Å². The lowest BCUT2D eigenvalue weighted by atomic mass is 9.55. The van der Waals surface area contributed by atoms with Gasteiger partial charge in [0.05, 0.1) is 23.1 Å². The summed E-state index contributed by atoms with van der Waals surface area (Å²) in [6.45, 7) is 3.34. The number of anilines is 2. The minimum atomic E-state index is -0.671. The van der Waals surface area contributed by atoms with Crippen molar-refractivity contribution in [3.63, 3.8) is 0 Å². The maximum atomic E-state index is 13.9. The number of aryl methyl sites for hydroxylation is 2. The second kappa shape index (κ2) is 9.80. The monoisotopic (exact) mass is 556 g/mol. The summed E-state index contributed by atoms with van der Waals surface area (Å²) in [7, 11) is 0. The van der Waals surface area contributed by atoms with Gasteiger partial charge in [0.25, 0.3) is 5.91 Å². The van der Waals surface area contributed by atoms with Gasteiger partial charge in [0.1, 0.15) is 0 Å². The van der Waals surface area contributed by atoms with Gasteiger partial charge in [-0.3, -0.25) is 14.4 Å². The molecule has 1 aliphatic heterocycles. The van der Waals surface area contributed by atoms with Gasteiger partial charge < -0.3 is 10.1 Å². The molecule has 1 saturated heterocycles. The van der Waals surface area contributed by atoms with Crippen LogP contribution in [-0.2, 0) is 19.1 Å². The predicted octanol–water partition coefficient (Wildman–Crippen LogP) is 5.50. The van der Waals surface area contributed by atoms with E-state index in [4.69, 9.17) is 4.74 Å². The van der Waals surface area contributed by atoms with Gasteiger partial charge in [0, 0.05) is 17.5 Å². The number of esters is 1. The van der Waals surface area contributed by atoms with Gasteiger partial charge in [0.15, 0.2) is 6.61 Å². The molecule has 4 aromatic rings. The molecule has 1 N–H and O–H groups in total. The minimum Gasteiger partial charge on any atom is -0.452 e. The Morgan fingerprint density at radius 2 is 1.17 bits per heavy atom. The number of nitrogens with one attached hydrogen (secondary N) is 1. The number of hydrogen-bond donors (Lipinski definition) is 1. The van der Waals surface area contributed by atoms with Crippen LogP contribution in [-0.4, -0.2) is 30.3 Å². The Hall–Kier alpha value is -5.04. The lowest BCUT2D eigenvalue weighted by Crippen LogP contribution is -2.41. The van der Waals surface area contributed by atoms with Crippen molar-refractivity contribution in [2.24, 2.45) is 11.8 Å². The highest BCUT2D eigenvalue weighted by atomic mass is 16.5. The standard InChI is InChI=1S/C35H28N2O5/c1-19-8-7-9-20(2)32(19)36-27(38)18-42-35(41)21-14-16-22(17-15-21)37-33(39)30-28-23-10-3-4-11-24(23)29(31(30)34(37)40)26-13-6-5-12-25(26)28/h3-17,28-31H,18H2,1-2H3,(H,36,38)/t28?,29?,30-,31+. The summed E-state index contributed by atoms with van der Waals surface area (Å²) >= 11 is 0. The molecule has 0 saturated carbocycles. The molecule has 0 spiro atoms. The molecule has 7 heteroatoms. The van der Waals surface area contributed by atoms with Crippen molar-refractivity contribution in [2.75, 3.05) is 16.8 Å². The summed E-state index contributed by atoms with van der Waals surface area (Å²) in [5.74, 6) is -2.88. The van der Waals surface area contributed by atoms with E-state index in [1.54, 1.807) is 12.1 Å². The molecule has 0 aromatic heterocycles. The van der Waals surface area contributed by atoms with E-state index < -0.39 is 30.3 Å². The number of amides is 3. The number of benzene rings is 4. The fourth-order valence-corrected chi connectivity index (χ4v) is 7.08. The summed E-state index contributed by atoms with van der Waals surface area (Å²) in [5, 5.41) is 2.79. The Labute approximate surface area is 243 Å². The number of nitrogens with zero attached hydrogens (tertiary/aromatic N) is 1. The fourth-order valence-electron chi connectivity index (χ4n) is 7.08. The van der Waals surface area contributed by atoms with E-state index in [0.29, 0.717) is 11.4 Å². The average molecular weight is 557 g/mol. The summed E-state index contributed by atoms with van der Waals surface area (Å²) in [6.07, 6.45) is 0. The Balaban J connectivity index is 1.09. The number of carbonyl (C=O) groups excluding carboxylic acids is 4. The van der Waals surface area contributed by atoms with E-state index in [0.717, 1.165) is 33.4 Å². The SMILES string of the molecule is Cc1cccc(C)c1NC(=O)COC(=O)c1ccc(N2C(=O)[C@@H]3C4c5ccccc5C(c5ccccc54)[C@@H]3C2=O)cc1. The zero-order valence-electron chi connectivity index (χ0n) is 23.2. The number of para-hydroxylation sites is 1. The molecule has 3 amide bonds. The second-order valence-corrected chi connectivity index (χ2v) is 11.2. The Kier molecular flexibility index (Phi) is 6.04. The third-order valence-electron chi connectivity index (χ3n) is 8.89. The second-order valence-electron chi connectivity index (χ2n) is 11.2. The van der Waals surface area contributed by atoms with Gasteiger partial charge in [-0.15, -0.1) is 0 Å². The maximum Gasteiger partial charge on any atom is 0.338 e. The summed E-state index contributed by atoms with van der Waals surface area (Å²) < 4.78 is 5.24. The zero-order valence-corrected chi connectivity index (χ0v) is 23.2. The number of hydrogen-bond acceptors (Lipinski definition) is 5. The van der Waals surface area contributed by atoms with E-state index in [2.05, 4.69) is 29.6 Å². The summed E-state index contributed by atoms with van der Waals surface area (Å²) in [6, 6.07) is 28.1. The molecule has 42 heavy (non-hydrogen) atoms. The Morgan fingerprint density at radius 3 is 1.64 bits per heavy atom. The number of imide groups is 1. The Morgan fingerprint density at radius 1 is 0.690 bits per heavy atom.